The van der Waals surface area contributed by atoms with Crippen LogP contribution in [0.1, 0.15) is 41.3 Å². The molecule has 0 bridgehead atoms. The smallest absolute Gasteiger partial charge is 0.255 e. The summed E-state index contributed by atoms with van der Waals surface area (Å²) in [5.41, 5.74) is 6.16. The number of nitrogens with one attached hydrogen (secondary N) is 2. The van der Waals surface area contributed by atoms with E-state index in [-0.39, 0.29) is 11.8 Å². The Hall–Kier alpha value is -3.35. The minimum atomic E-state index is -0.225. The maximum absolute atomic E-state index is 12.3. The molecule has 0 spiro atoms. The largest absolute Gasteiger partial charge is 0.493 e. The Kier molecular flexibility index (Phi) is 9.08. The van der Waals surface area contributed by atoms with E-state index in [9.17, 15) is 9.59 Å². The normalized spacial score (nSPS) is 11.1. The van der Waals surface area contributed by atoms with Crippen LogP contribution in [0, 0.1) is 6.92 Å². The van der Waals surface area contributed by atoms with Crippen LogP contribution in [0.25, 0.3) is 0 Å². The van der Waals surface area contributed by atoms with E-state index in [1.54, 1.807) is 49.4 Å². The minimum absolute atomic E-state index is 0.192. The number of carbonyl (C=O) groups excluding carboxylic acids is 2. The van der Waals surface area contributed by atoms with Gasteiger partial charge in [-0.2, -0.15) is 5.10 Å². The standard InChI is InChI=1S/C26H25Cl2N3O3/c1-17-16-22(28)11-14-24(17)34-15-3-4-25(32)31-30-18(2)19-7-12-23(13-8-19)29-26(33)20-5-9-21(27)10-6-20/h5-14,16H,3-4,15H2,1-2H3,(H,29,33)(H,31,32). The Morgan fingerprint density at radius 1 is 0.912 bits per heavy atom. The van der Waals surface area contributed by atoms with Crippen molar-refractivity contribution in [1.82, 2.24) is 5.43 Å². The monoisotopic (exact) mass is 497 g/mol. The Bertz CT molecular complexity index is 1180. The van der Waals surface area contributed by atoms with Crippen LogP contribution in [-0.2, 0) is 4.79 Å². The van der Waals surface area contributed by atoms with E-state index in [1.807, 2.05) is 31.2 Å². The zero-order valence-electron chi connectivity index (χ0n) is 18.9. The second-order valence-electron chi connectivity index (χ2n) is 7.63. The molecule has 0 aromatic heterocycles. The van der Waals surface area contributed by atoms with Gasteiger partial charge in [-0.05, 0) is 86.0 Å². The van der Waals surface area contributed by atoms with Gasteiger partial charge in [-0.15, -0.1) is 0 Å². The Morgan fingerprint density at radius 3 is 2.24 bits per heavy atom. The van der Waals surface area contributed by atoms with Crippen LogP contribution in [0.2, 0.25) is 10.0 Å². The van der Waals surface area contributed by atoms with Gasteiger partial charge in [0.25, 0.3) is 5.91 Å². The number of aryl methyl sites for hydroxylation is 1. The molecule has 0 aliphatic heterocycles. The van der Waals surface area contributed by atoms with Gasteiger partial charge in [-0.3, -0.25) is 9.59 Å². The summed E-state index contributed by atoms with van der Waals surface area (Å²) < 4.78 is 5.70. The third-order valence-corrected chi connectivity index (χ3v) is 5.45. The fourth-order valence-electron chi connectivity index (χ4n) is 3.06. The second-order valence-corrected chi connectivity index (χ2v) is 8.51. The molecule has 0 radical (unpaired) electrons. The molecule has 8 heteroatoms. The Balaban J connectivity index is 1.43. The van der Waals surface area contributed by atoms with Crippen molar-refractivity contribution in [3.63, 3.8) is 0 Å². The zero-order chi connectivity index (χ0) is 24.5. The van der Waals surface area contributed by atoms with Crippen molar-refractivity contribution in [1.29, 1.82) is 0 Å². The van der Waals surface area contributed by atoms with Crippen molar-refractivity contribution in [3.8, 4) is 5.75 Å². The average molecular weight is 498 g/mol. The molecule has 2 amide bonds. The molecule has 0 saturated heterocycles. The summed E-state index contributed by atoms with van der Waals surface area (Å²) in [6.07, 6.45) is 0.851. The molecule has 6 nitrogen and oxygen atoms in total. The Labute approximate surface area is 208 Å². The summed E-state index contributed by atoms with van der Waals surface area (Å²) >= 11 is 11.8. The lowest BCUT2D eigenvalue weighted by Gasteiger charge is -2.09. The summed E-state index contributed by atoms with van der Waals surface area (Å²) in [6, 6.07) is 19.3. The molecule has 176 valence electrons. The molecule has 2 N–H and O–H groups in total. The molecule has 0 atom stereocenters. The van der Waals surface area contributed by atoms with E-state index in [1.165, 1.54) is 0 Å². The van der Waals surface area contributed by atoms with Crippen molar-refractivity contribution in [2.24, 2.45) is 5.10 Å². The number of carbonyl (C=O) groups is 2. The number of hydrogen-bond acceptors (Lipinski definition) is 4. The van der Waals surface area contributed by atoms with Gasteiger partial charge >= 0.3 is 0 Å². The number of benzene rings is 3. The number of hydrazone groups is 1. The van der Waals surface area contributed by atoms with Crippen molar-refractivity contribution in [2.45, 2.75) is 26.7 Å². The molecule has 0 aliphatic rings. The van der Waals surface area contributed by atoms with Crippen LogP contribution in [0.4, 0.5) is 5.69 Å². The maximum atomic E-state index is 12.3. The van der Waals surface area contributed by atoms with Gasteiger partial charge in [0.05, 0.1) is 12.3 Å². The Morgan fingerprint density at radius 2 is 1.56 bits per heavy atom. The zero-order valence-corrected chi connectivity index (χ0v) is 20.4. The van der Waals surface area contributed by atoms with Crippen molar-refractivity contribution in [2.75, 3.05) is 11.9 Å². The SMILES string of the molecule is CC(=NNC(=O)CCCOc1ccc(Cl)cc1C)c1ccc(NC(=O)c2ccc(Cl)cc2)cc1. The van der Waals surface area contributed by atoms with Gasteiger partial charge in [0.15, 0.2) is 0 Å². The molecule has 0 saturated carbocycles. The molecular formula is C26H25Cl2N3O3. The van der Waals surface area contributed by atoms with E-state index in [4.69, 9.17) is 27.9 Å². The first-order valence-corrected chi connectivity index (χ1v) is 11.5. The first kappa shape index (κ1) is 25.3. The fraction of sp³-hybridized carbons (Fsp3) is 0.192. The third kappa shape index (κ3) is 7.61. The maximum Gasteiger partial charge on any atom is 0.255 e. The number of hydrogen-bond donors (Lipinski definition) is 2. The lowest BCUT2D eigenvalue weighted by molar-refractivity contribution is -0.121. The lowest BCUT2D eigenvalue weighted by atomic mass is 10.1. The predicted octanol–water partition coefficient (Wildman–Crippen LogP) is 6.25. The van der Waals surface area contributed by atoms with Crippen molar-refractivity contribution in [3.05, 3.63) is 93.5 Å². The van der Waals surface area contributed by atoms with Gasteiger partial charge in [-0.1, -0.05) is 35.3 Å². The third-order valence-electron chi connectivity index (χ3n) is 4.96. The summed E-state index contributed by atoms with van der Waals surface area (Å²) in [6.45, 7) is 4.14. The van der Waals surface area contributed by atoms with Crippen molar-refractivity contribution < 1.29 is 14.3 Å². The van der Waals surface area contributed by atoms with Crippen LogP contribution in [0.15, 0.2) is 71.8 Å². The summed E-state index contributed by atoms with van der Waals surface area (Å²) in [5, 5.41) is 8.23. The highest BCUT2D eigenvalue weighted by molar-refractivity contribution is 6.31. The second kappa shape index (κ2) is 12.2. The van der Waals surface area contributed by atoms with Crippen LogP contribution >= 0.6 is 23.2 Å². The van der Waals surface area contributed by atoms with E-state index >= 15 is 0 Å². The topological polar surface area (TPSA) is 79.8 Å². The molecule has 3 aromatic rings. The molecule has 0 heterocycles. The number of ether oxygens (including phenoxy) is 1. The molecule has 0 unspecified atom stereocenters. The number of nitrogens with zero attached hydrogens (tertiary/aromatic N) is 1. The molecule has 3 aromatic carbocycles. The van der Waals surface area contributed by atoms with Gasteiger partial charge in [-0.25, -0.2) is 5.43 Å². The van der Waals surface area contributed by atoms with Crippen molar-refractivity contribution >= 4 is 46.4 Å². The molecule has 3 rings (SSSR count). The quantitative estimate of drug-likeness (QED) is 0.208. The first-order valence-electron chi connectivity index (χ1n) is 10.7. The fourth-order valence-corrected chi connectivity index (χ4v) is 3.41. The molecular weight excluding hydrogens is 473 g/mol. The highest BCUT2D eigenvalue weighted by Crippen LogP contribution is 2.22. The van der Waals surface area contributed by atoms with E-state index in [2.05, 4.69) is 15.8 Å². The van der Waals surface area contributed by atoms with Gasteiger partial charge in [0.1, 0.15) is 5.75 Å². The predicted molar refractivity (Wildman–Crippen MR) is 137 cm³/mol. The number of amides is 2. The highest BCUT2D eigenvalue weighted by atomic mass is 35.5. The summed E-state index contributed by atoms with van der Waals surface area (Å²) in [7, 11) is 0. The summed E-state index contributed by atoms with van der Waals surface area (Å²) in [4.78, 5) is 24.4. The lowest BCUT2D eigenvalue weighted by Crippen LogP contribution is -2.19. The van der Waals surface area contributed by atoms with Gasteiger partial charge in [0, 0.05) is 27.7 Å². The molecule has 0 fully saturated rings. The number of halogens is 2. The van der Waals surface area contributed by atoms with Crippen LogP contribution in [0.5, 0.6) is 5.75 Å². The highest BCUT2D eigenvalue weighted by Gasteiger charge is 2.07. The van der Waals surface area contributed by atoms with Gasteiger partial charge < -0.3 is 10.1 Å². The van der Waals surface area contributed by atoms with E-state index in [0.717, 1.165) is 16.9 Å². The van der Waals surface area contributed by atoms with Gasteiger partial charge in [0.2, 0.25) is 5.91 Å². The van der Waals surface area contributed by atoms with Crippen LogP contribution < -0.4 is 15.5 Å². The van der Waals surface area contributed by atoms with E-state index < -0.39 is 0 Å². The number of rotatable bonds is 9. The molecule has 0 aliphatic carbocycles. The first-order chi connectivity index (χ1) is 16.3. The average Bonchev–Trinajstić information content (AvgIpc) is 2.82. The summed E-state index contributed by atoms with van der Waals surface area (Å²) in [5.74, 6) is 0.339. The van der Waals surface area contributed by atoms with E-state index in [0.29, 0.717) is 46.5 Å². The van der Waals surface area contributed by atoms with Crippen LogP contribution in [0.3, 0.4) is 0 Å². The van der Waals surface area contributed by atoms with Crippen LogP contribution in [-0.4, -0.2) is 24.1 Å². The molecule has 34 heavy (non-hydrogen) atoms. The minimum Gasteiger partial charge on any atom is -0.493 e. The number of anilines is 1.